The summed E-state index contributed by atoms with van der Waals surface area (Å²) in [5.74, 6) is -0.622. The lowest BCUT2D eigenvalue weighted by Gasteiger charge is -2.35. The molecule has 38 heavy (non-hydrogen) atoms. The molecule has 1 saturated heterocycles. The van der Waals surface area contributed by atoms with E-state index in [1.165, 1.54) is 11.7 Å². The molecule has 1 aliphatic heterocycles. The third-order valence-electron chi connectivity index (χ3n) is 6.40. The number of esters is 1. The summed E-state index contributed by atoms with van der Waals surface area (Å²) in [6.07, 6.45) is 1.03. The van der Waals surface area contributed by atoms with E-state index in [-0.39, 0.29) is 24.0 Å². The van der Waals surface area contributed by atoms with Gasteiger partial charge in [-0.15, -0.1) is 0 Å². The van der Waals surface area contributed by atoms with Crippen molar-refractivity contribution in [3.8, 4) is 6.07 Å². The van der Waals surface area contributed by atoms with Gasteiger partial charge in [0.05, 0.1) is 31.0 Å². The second-order valence-electron chi connectivity index (χ2n) is 10.3. The quantitative estimate of drug-likeness (QED) is 0.508. The number of anilines is 1. The number of nitriles is 1. The van der Waals surface area contributed by atoms with Crippen molar-refractivity contribution < 1.29 is 19.1 Å². The minimum atomic E-state index is -0.622. The van der Waals surface area contributed by atoms with Crippen LogP contribution < -0.4 is 15.9 Å². The zero-order valence-corrected chi connectivity index (χ0v) is 22.3. The van der Waals surface area contributed by atoms with Crippen molar-refractivity contribution in [2.75, 3.05) is 25.1 Å². The maximum absolute atomic E-state index is 13.4. The lowest BCUT2D eigenvalue weighted by atomic mass is 10.0. The van der Waals surface area contributed by atoms with Crippen LogP contribution in [-0.2, 0) is 23.1 Å². The lowest BCUT2D eigenvalue weighted by molar-refractivity contribution is 0.0499. The average Bonchev–Trinajstić information content (AvgIpc) is 3.11. The molecule has 1 N–H and O–H groups in total. The van der Waals surface area contributed by atoms with Gasteiger partial charge < -0.3 is 19.7 Å². The highest BCUT2D eigenvalue weighted by atomic mass is 16.6. The van der Waals surface area contributed by atoms with Crippen molar-refractivity contribution in [1.29, 1.82) is 5.26 Å². The van der Waals surface area contributed by atoms with E-state index in [1.807, 2.05) is 11.0 Å². The van der Waals surface area contributed by atoms with Crippen molar-refractivity contribution >= 4 is 28.9 Å². The molecule has 0 aliphatic carbocycles. The first-order chi connectivity index (χ1) is 18.0. The molecule has 11 heteroatoms. The number of nitrogens with zero attached hydrogens (tertiary/aromatic N) is 5. The minimum absolute atomic E-state index is 0.0717. The highest BCUT2D eigenvalue weighted by Gasteiger charge is 2.29. The van der Waals surface area contributed by atoms with Gasteiger partial charge in [-0.05, 0) is 51.3 Å². The van der Waals surface area contributed by atoms with Gasteiger partial charge in [-0.25, -0.2) is 19.4 Å². The summed E-state index contributed by atoms with van der Waals surface area (Å²) in [5, 5.41) is 12.5. The summed E-state index contributed by atoms with van der Waals surface area (Å²) >= 11 is 0. The van der Waals surface area contributed by atoms with Crippen LogP contribution in [0.3, 0.4) is 0 Å². The van der Waals surface area contributed by atoms with Gasteiger partial charge in [0.1, 0.15) is 11.1 Å². The van der Waals surface area contributed by atoms with Crippen LogP contribution in [-0.4, -0.2) is 58.0 Å². The third kappa shape index (κ3) is 5.49. The van der Waals surface area contributed by atoms with Gasteiger partial charge in [-0.2, -0.15) is 5.26 Å². The zero-order valence-electron chi connectivity index (χ0n) is 22.3. The zero-order chi connectivity index (χ0) is 27.6. The van der Waals surface area contributed by atoms with Gasteiger partial charge >= 0.3 is 17.8 Å². The number of hydrogen-bond donors (Lipinski definition) is 1. The summed E-state index contributed by atoms with van der Waals surface area (Å²) in [5.41, 5.74) is 1.77. The summed E-state index contributed by atoms with van der Waals surface area (Å²) < 4.78 is 13.3. The van der Waals surface area contributed by atoms with E-state index < -0.39 is 17.7 Å². The number of aromatic nitrogens is 3. The summed E-state index contributed by atoms with van der Waals surface area (Å²) in [6.45, 7) is 6.66. The molecule has 4 rings (SSSR count). The fourth-order valence-electron chi connectivity index (χ4n) is 4.69. The number of piperidine rings is 1. The van der Waals surface area contributed by atoms with Crippen LogP contribution in [0.4, 0.5) is 10.5 Å². The Balaban J connectivity index is 1.80. The molecule has 3 heterocycles. The number of carbonyl (C=O) groups is 2. The van der Waals surface area contributed by atoms with Crippen LogP contribution in [0.1, 0.15) is 55.2 Å². The van der Waals surface area contributed by atoms with Crippen LogP contribution in [0.2, 0.25) is 0 Å². The molecule has 2 aromatic heterocycles. The van der Waals surface area contributed by atoms with Crippen LogP contribution in [0.5, 0.6) is 0 Å². The van der Waals surface area contributed by atoms with E-state index in [0.717, 1.165) is 12.8 Å². The maximum atomic E-state index is 13.4. The Hall–Kier alpha value is -4.33. The van der Waals surface area contributed by atoms with E-state index in [0.29, 0.717) is 41.1 Å². The highest BCUT2D eigenvalue weighted by Crippen LogP contribution is 2.30. The van der Waals surface area contributed by atoms with Crippen molar-refractivity contribution in [2.45, 2.75) is 51.8 Å². The summed E-state index contributed by atoms with van der Waals surface area (Å²) in [7, 11) is 2.87. The van der Waals surface area contributed by atoms with Crippen LogP contribution >= 0.6 is 0 Å². The number of carbonyl (C=O) groups excluding carboxylic acids is 2. The third-order valence-corrected chi connectivity index (χ3v) is 6.40. The number of rotatable bonds is 5. The minimum Gasteiger partial charge on any atom is -0.464 e. The number of imidazole rings is 1. The van der Waals surface area contributed by atoms with Crippen molar-refractivity contribution in [3.05, 3.63) is 57.6 Å². The molecule has 11 nitrogen and oxygen atoms in total. The summed E-state index contributed by atoms with van der Waals surface area (Å²) in [4.78, 5) is 44.8. The van der Waals surface area contributed by atoms with Crippen LogP contribution in [0.15, 0.2) is 35.1 Å². The molecule has 0 bridgehead atoms. The topological polar surface area (TPSA) is 131 Å². The molecule has 1 fully saturated rings. The van der Waals surface area contributed by atoms with Crippen LogP contribution in [0, 0.1) is 11.3 Å². The molecule has 1 atom stereocenters. The van der Waals surface area contributed by atoms with E-state index >= 15 is 0 Å². The molecule has 1 amide bonds. The number of alkyl carbamates (subject to hydrolysis) is 1. The number of nitrogens with one attached hydrogen (secondary N) is 1. The van der Waals surface area contributed by atoms with Gasteiger partial charge in [-0.3, -0.25) is 9.13 Å². The average molecular weight is 521 g/mol. The van der Waals surface area contributed by atoms with Crippen molar-refractivity contribution in [1.82, 2.24) is 19.4 Å². The number of pyridine rings is 1. The second-order valence-corrected chi connectivity index (χ2v) is 10.3. The van der Waals surface area contributed by atoms with Crippen molar-refractivity contribution in [2.24, 2.45) is 7.05 Å². The molecule has 200 valence electrons. The predicted octanol–water partition coefficient (Wildman–Crippen LogP) is 2.94. The first-order valence-corrected chi connectivity index (χ1v) is 12.4. The predicted molar refractivity (Wildman–Crippen MR) is 141 cm³/mol. The molecule has 0 radical (unpaired) electrons. The fraction of sp³-hybridized carbons (Fsp3) is 0.444. The van der Waals surface area contributed by atoms with Gasteiger partial charge in [-0.1, -0.05) is 18.2 Å². The van der Waals surface area contributed by atoms with Crippen LogP contribution in [0.25, 0.3) is 11.2 Å². The maximum Gasteiger partial charge on any atom is 0.407 e. The summed E-state index contributed by atoms with van der Waals surface area (Å²) in [6, 6.07) is 10.7. The number of amides is 1. The SMILES string of the molecule is COC(=O)c1cc(N2CCCC(NC(=O)OC(C)(C)C)C2)c2c(n1)n(C)c(=O)n2Cc1ccccc1C#N. The first-order valence-electron chi connectivity index (χ1n) is 12.4. The standard InChI is InChI=1S/C27H32N6O5/c1-27(2,3)38-25(35)29-19-11-8-12-32(16-19)21-13-20(24(34)37-5)30-23-22(21)33(26(36)31(23)4)15-18-10-7-6-9-17(18)14-28/h6-7,9-10,13,19H,8,11-12,15-16H2,1-5H3,(H,29,35). The molecule has 1 aliphatic rings. The largest absolute Gasteiger partial charge is 0.464 e. The monoisotopic (exact) mass is 520 g/mol. The highest BCUT2D eigenvalue weighted by molar-refractivity contribution is 5.95. The molecule has 3 aromatic rings. The Kier molecular flexibility index (Phi) is 7.44. The van der Waals surface area contributed by atoms with Crippen molar-refractivity contribution in [3.63, 3.8) is 0 Å². The fourth-order valence-corrected chi connectivity index (χ4v) is 4.69. The smallest absolute Gasteiger partial charge is 0.407 e. The van der Waals surface area contributed by atoms with E-state index in [9.17, 15) is 19.6 Å². The molecular weight excluding hydrogens is 488 g/mol. The number of aryl methyl sites for hydroxylation is 1. The van der Waals surface area contributed by atoms with Gasteiger partial charge in [0.2, 0.25) is 0 Å². The molecule has 0 saturated carbocycles. The first kappa shape index (κ1) is 26.7. The molecular formula is C27H32N6O5. The van der Waals surface area contributed by atoms with Gasteiger partial charge in [0.25, 0.3) is 0 Å². The van der Waals surface area contributed by atoms with Gasteiger partial charge in [0, 0.05) is 26.2 Å². The Morgan fingerprint density at radius 3 is 2.68 bits per heavy atom. The van der Waals surface area contributed by atoms with Gasteiger partial charge in [0.15, 0.2) is 11.3 Å². The Morgan fingerprint density at radius 2 is 2.00 bits per heavy atom. The second kappa shape index (κ2) is 10.6. The molecule has 1 aromatic carbocycles. The lowest BCUT2D eigenvalue weighted by Crippen LogP contribution is -2.49. The van der Waals surface area contributed by atoms with E-state index in [1.54, 1.807) is 56.7 Å². The number of methoxy groups -OCH3 is 1. The van der Waals surface area contributed by atoms with E-state index in [2.05, 4.69) is 16.4 Å². The molecule has 0 spiro atoms. The number of hydrogen-bond acceptors (Lipinski definition) is 8. The Morgan fingerprint density at radius 1 is 1.26 bits per heavy atom. The molecule has 1 unspecified atom stereocenters. The Bertz CT molecular complexity index is 1480. The number of ether oxygens (including phenoxy) is 2. The normalized spacial score (nSPS) is 15.7. The number of benzene rings is 1. The van der Waals surface area contributed by atoms with E-state index in [4.69, 9.17) is 9.47 Å². The Labute approximate surface area is 220 Å². The number of fused-ring (bicyclic) bond motifs is 1.